The van der Waals surface area contributed by atoms with Crippen LogP contribution >= 0.6 is 0 Å². The van der Waals surface area contributed by atoms with Crippen LogP contribution in [0.25, 0.3) is 0 Å². The van der Waals surface area contributed by atoms with Crippen molar-refractivity contribution in [2.45, 2.75) is 36.7 Å². The summed E-state index contributed by atoms with van der Waals surface area (Å²) in [6.45, 7) is 0.401. The van der Waals surface area contributed by atoms with Crippen LogP contribution in [0.5, 0.6) is 0 Å². The Morgan fingerprint density at radius 2 is 1.75 bits per heavy atom. The molecule has 1 saturated heterocycles. The van der Waals surface area contributed by atoms with Crippen molar-refractivity contribution in [3.63, 3.8) is 0 Å². The van der Waals surface area contributed by atoms with E-state index in [-0.39, 0.29) is 16.9 Å². The molecule has 1 fully saturated rings. The van der Waals surface area contributed by atoms with Crippen molar-refractivity contribution in [2.24, 2.45) is 0 Å². The maximum absolute atomic E-state index is 13.6. The van der Waals surface area contributed by atoms with E-state index in [4.69, 9.17) is 0 Å². The Hall–Kier alpha value is -1.95. The van der Waals surface area contributed by atoms with Crippen LogP contribution in [-0.4, -0.2) is 40.9 Å². The summed E-state index contributed by atoms with van der Waals surface area (Å²) >= 11 is 0. The molecule has 1 aliphatic heterocycles. The Balaban J connectivity index is 2.08. The normalized spacial score (nSPS) is 22.2. The quantitative estimate of drug-likeness (QED) is 0.640. The Labute approximate surface area is 186 Å². The summed E-state index contributed by atoms with van der Waals surface area (Å²) in [6.07, 6.45) is 2.86. The van der Waals surface area contributed by atoms with Crippen molar-refractivity contribution in [2.75, 3.05) is 19.3 Å². The van der Waals surface area contributed by atoms with Crippen molar-refractivity contribution >= 4 is 19.9 Å². The number of benzene rings is 1. The lowest BCUT2D eigenvalue weighted by Crippen LogP contribution is -2.49. The van der Waals surface area contributed by atoms with Gasteiger partial charge in [-0.1, -0.05) is 48.1 Å². The van der Waals surface area contributed by atoms with Crippen molar-refractivity contribution in [1.29, 1.82) is 0 Å². The van der Waals surface area contributed by atoms with Gasteiger partial charge in [0.15, 0.2) is 9.84 Å². The van der Waals surface area contributed by atoms with E-state index in [1.54, 1.807) is 12.2 Å². The number of sulfonamides is 1. The molecule has 11 heteroatoms. The number of hydrogen-bond acceptors (Lipinski definition) is 5. The van der Waals surface area contributed by atoms with Gasteiger partial charge in [-0.15, -0.1) is 0 Å². The maximum atomic E-state index is 13.6. The molecule has 3 rings (SSSR count). The SMILES string of the molecule is CS(=O)(=O)C(=C1CCNCC1)C1(S(=O)(=O)NCc2ccccc2C(F)(F)F)C=CC=CC1. The first-order valence-corrected chi connectivity index (χ1v) is 13.4. The first kappa shape index (κ1) is 24.7. The van der Waals surface area contributed by atoms with Crippen LogP contribution in [0.3, 0.4) is 0 Å². The fourth-order valence-electron chi connectivity index (χ4n) is 4.17. The standard InChI is InChI=1S/C21H25F3N2O4S2/c1-31(27,28)19(16-9-13-25-14-10-16)20(11-5-2-6-12-20)32(29,30)26-15-17-7-3-4-8-18(17)21(22,23)24/h2-8,11,25-26H,9-10,12-15H2,1H3. The van der Waals surface area contributed by atoms with Gasteiger partial charge in [0.05, 0.1) is 10.5 Å². The molecule has 2 aliphatic rings. The van der Waals surface area contributed by atoms with E-state index < -0.39 is 42.9 Å². The molecule has 176 valence electrons. The fourth-order valence-corrected chi connectivity index (χ4v) is 8.03. The smallest absolute Gasteiger partial charge is 0.316 e. The van der Waals surface area contributed by atoms with Gasteiger partial charge in [-0.2, -0.15) is 13.2 Å². The highest BCUT2D eigenvalue weighted by molar-refractivity contribution is 7.98. The average Bonchev–Trinajstić information content (AvgIpc) is 2.72. The molecule has 1 aromatic carbocycles. The molecule has 1 atom stereocenters. The van der Waals surface area contributed by atoms with Crippen LogP contribution in [0, 0.1) is 0 Å². The van der Waals surface area contributed by atoms with Gasteiger partial charge in [0.1, 0.15) is 4.75 Å². The number of allylic oxidation sites excluding steroid dienone is 3. The van der Waals surface area contributed by atoms with E-state index in [0.717, 1.165) is 12.3 Å². The Kier molecular flexibility index (Phi) is 7.04. The van der Waals surface area contributed by atoms with Gasteiger partial charge < -0.3 is 5.32 Å². The second-order valence-electron chi connectivity index (χ2n) is 7.82. The molecule has 6 nitrogen and oxygen atoms in total. The predicted molar refractivity (Wildman–Crippen MR) is 117 cm³/mol. The third-order valence-corrected chi connectivity index (χ3v) is 9.09. The molecule has 2 N–H and O–H groups in total. The fraction of sp³-hybridized carbons (Fsp3) is 0.429. The van der Waals surface area contributed by atoms with E-state index in [1.165, 1.54) is 30.4 Å². The van der Waals surface area contributed by atoms with Crippen LogP contribution in [0.15, 0.2) is 59.0 Å². The van der Waals surface area contributed by atoms with Crippen molar-refractivity contribution < 1.29 is 30.0 Å². The van der Waals surface area contributed by atoms with Gasteiger partial charge in [0.2, 0.25) is 10.0 Å². The van der Waals surface area contributed by atoms with Gasteiger partial charge in [-0.3, -0.25) is 0 Å². The molecule has 0 amide bonds. The second kappa shape index (κ2) is 9.12. The summed E-state index contributed by atoms with van der Waals surface area (Å²) in [6, 6.07) is 4.68. The molecule has 1 aliphatic carbocycles. The predicted octanol–water partition coefficient (Wildman–Crippen LogP) is 3.06. The second-order valence-corrected chi connectivity index (χ2v) is 11.8. The molecule has 0 saturated carbocycles. The molecule has 0 aromatic heterocycles. The molecule has 1 unspecified atom stereocenters. The third-order valence-electron chi connectivity index (χ3n) is 5.57. The molecule has 0 bridgehead atoms. The van der Waals surface area contributed by atoms with E-state index in [2.05, 4.69) is 10.0 Å². The molecular formula is C21H25F3N2O4S2. The highest BCUT2D eigenvalue weighted by Gasteiger charge is 2.50. The lowest BCUT2D eigenvalue weighted by Gasteiger charge is -2.35. The summed E-state index contributed by atoms with van der Waals surface area (Å²) in [7, 11) is -8.40. The Morgan fingerprint density at radius 1 is 1.09 bits per heavy atom. The molecule has 32 heavy (non-hydrogen) atoms. The van der Waals surface area contributed by atoms with E-state index in [0.29, 0.717) is 31.5 Å². The van der Waals surface area contributed by atoms with Gasteiger partial charge >= 0.3 is 6.18 Å². The topological polar surface area (TPSA) is 92.3 Å². The van der Waals surface area contributed by atoms with Gasteiger partial charge in [0, 0.05) is 12.8 Å². The number of rotatable bonds is 6. The minimum Gasteiger partial charge on any atom is -0.316 e. The average molecular weight is 491 g/mol. The lowest BCUT2D eigenvalue weighted by molar-refractivity contribution is -0.138. The zero-order valence-corrected chi connectivity index (χ0v) is 19.1. The molecule has 0 radical (unpaired) electrons. The number of piperidine rings is 1. The molecular weight excluding hydrogens is 465 g/mol. The van der Waals surface area contributed by atoms with Crippen LogP contribution < -0.4 is 10.0 Å². The van der Waals surface area contributed by atoms with Crippen LogP contribution in [-0.2, 0) is 32.6 Å². The summed E-state index contributed by atoms with van der Waals surface area (Å²) < 4.78 is 93.2. The third kappa shape index (κ3) is 5.00. The number of halogens is 3. The minimum absolute atomic E-state index is 0.140. The van der Waals surface area contributed by atoms with Gasteiger partial charge in [-0.05, 0) is 44.0 Å². The monoisotopic (exact) mass is 490 g/mol. The number of alkyl halides is 3. The Bertz CT molecular complexity index is 1160. The molecule has 0 spiro atoms. The van der Waals surface area contributed by atoms with E-state index >= 15 is 0 Å². The summed E-state index contributed by atoms with van der Waals surface area (Å²) in [4.78, 5) is -0.191. The maximum Gasteiger partial charge on any atom is 0.416 e. The number of nitrogens with one attached hydrogen (secondary N) is 2. The minimum atomic E-state index is -4.65. The van der Waals surface area contributed by atoms with Gasteiger partial charge in [-0.25, -0.2) is 21.6 Å². The Morgan fingerprint density at radius 3 is 2.31 bits per heavy atom. The van der Waals surface area contributed by atoms with E-state index in [9.17, 15) is 30.0 Å². The zero-order valence-electron chi connectivity index (χ0n) is 17.4. The molecule has 1 aromatic rings. The zero-order chi connectivity index (χ0) is 23.6. The number of sulfone groups is 1. The highest BCUT2D eigenvalue weighted by Crippen LogP contribution is 2.41. The summed E-state index contributed by atoms with van der Waals surface area (Å²) in [5.41, 5.74) is -0.673. The van der Waals surface area contributed by atoms with E-state index in [1.807, 2.05) is 0 Å². The lowest BCUT2D eigenvalue weighted by atomic mass is 9.93. The highest BCUT2D eigenvalue weighted by atomic mass is 32.2. The molecule has 1 heterocycles. The first-order chi connectivity index (χ1) is 14.9. The number of hydrogen-bond donors (Lipinski definition) is 2. The van der Waals surface area contributed by atoms with Gasteiger partial charge in [0.25, 0.3) is 0 Å². The van der Waals surface area contributed by atoms with Crippen LogP contribution in [0.2, 0.25) is 0 Å². The van der Waals surface area contributed by atoms with Crippen LogP contribution in [0.1, 0.15) is 30.4 Å². The summed E-state index contributed by atoms with van der Waals surface area (Å²) in [5, 5.41) is 3.11. The largest absolute Gasteiger partial charge is 0.416 e. The van der Waals surface area contributed by atoms with Crippen molar-refractivity contribution in [1.82, 2.24) is 10.0 Å². The van der Waals surface area contributed by atoms with Crippen molar-refractivity contribution in [3.05, 3.63) is 70.2 Å². The first-order valence-electron chi connectivity index (χ1n) is 10.0. The van der Waals surface area contributed by atoms with Crippen molar-refractivity contribution in [3.8, 4) is 0 Å². The summed E-state index contributed by atoms with van der Waals surface area (Å²) in [5.74, 6) is 0. The van der Waals surface area contributed by atoms with Crippen LogP contribution in [0.4, 0.5) is 13.2 Å².